The predicted octanol–water partition coefficient (Wildman–Crippen LogP) is 0.842. The standard InChI is InChI=1S/C19H25N3O3/c1-13(23)21-8-9-22(12-17(11-21)18(24)20-2)19(25)16-7-6-14-4-3-5-15(14)10-16/h6-7,10,17H,3-5,8-9,11-12H2,1-2H3,(H,20,24)/t17-/m1/s1. The van der Waals surface area contributed by atoms with Crippen LogP contribution < -0.4 is 5.32 Å². The number of hydrogen-bond donors (Lipinski definition) is 1. The van der Waals surface area contributed by atoms with Gasteiger partial charge in [-0.05, 0) is 42.5 Å². The zero-order valence-electron chi connectivity index (χ0n) is 14.9. The SMILES string of the molecule is CNC(=O)[C@@H]1CN(C(C)=O)CCN(C(=O)c2ccc3c(c2)CCC3)C1. The van der Waals surface area contributed by atoms with Crippen LogP contribution in [0.3, 0.4) is 0 Å². The van der Waals surface area contributed by atoms with Crippen LogP contribution in [-0.2, 0) is 22.4 Å². The van der Waals surface area contributed by atoms with E-state index in [0.29, 0.717) is 31.7 Å². The lowest BCUT2D eigenvalue weighted by Crippen LogP contribution is -2.42. The first-order valence-electron chi connectivity index (χ1n) is 8.87. The van der Waals surface area contributed by atoms with Gasteiger partial charge >= 0.3 is 0 Å². The molecule has 1 heterocycles. The lowest BCUT2D eigenvalue weighted by atomic mass is 10.0. The number of fused-ring (bicyclic) bond motifs is 1. The fourth-order valence-corrected chi connectivity index (χ4v) is 3.74. The van der Waals surface area contributed by atoms with Crippen LogP contribution in [0.2, 0.25) is 0 Å². The van der Waals surface area contributed by atoms with Gasteiger partial charge in [0.25, 0.3) is 5.91 Å². The molecule has 3 amide bonds. The fraction of sp³-hybridized carbons (Fsp3) is 0.526. The molecular formula is C19H25N3O3. The lowest BCUT2D eigenvalue weighted by molar-refractivity contribution is -0.130. The van der Waals surface area contributed by atoms with Crippen LogP contribution in [0.15, 0.2) is 18.2 Å². The molecule has 6 heteroatoms. The molecule has 1 saturated heterocycles. The van der Waals surface area contributed by atoms with Gasteiger partial charge in [-0.15, -0.1) is 0 Å². The third-order valence-corrected chi connectivity index (χ3v) is 5.22. The molecule has 0 spiro atoms. The Kier molecular flexibility index (Phi) is 5.06. The highest BCUT2D eigenvalue weighted by atomic mass is 16.2. The Balaban J connectivity index is 1.81. The average molecular weight is 343 g/mol. The highest BCUT2D eigenvalue weighted by molar-refractivity contribution is 5.95. The molecule has 1 fully saturated rings. The summed E-state index contributed by atoms with van der Waals surface area (Å²) in [5, 5.41) is 2.64. The van der Waals surface area contributed by atoms with Crippen LogP contribution >= 0.6 is 0 Å². The second-order valence-electron chi connectivity index (χ2n) is 6.86. The van der Waals surface area contributed by atoms with E-state index < -0.39 is 5.92 Å². The van der Waals surface area contributed by atoms with Gasteiger partial charge in [-0.2, -0.15) is 0 Å². The Morgan fingerprint density at radius 3 is 2.44 bits per heavy atom. The number of carbonyl (C=O) groups excluding carboxylic acids is 3. The molecule has 1 aromatic rings. The van der Waals surface area contributed by atoms with Gasteiger partial charge in [0.1, 0.15) is 0 Å². The van der Waals surface area contributed by atoms with Crippen LogP contribution in [0, 0.1) is 5.92 Å². The second kappa shape index (κ2) is 7.25. The fourth-order valence-electron chi connectivity index (χ4n) is 3.74. The number of nitrogens with one attached hydrogen (secondary N) is 1. The minimum absolute atomic E-state index is 0.0611. The maximum absolute atomic E-state index is 13.0. The van der Waals surface area contributed by atoms with Crippen LogP contribution in [-0.4, -0.2) is 60.7 Å². The van der Waals surface area contributed by atoms with Gasteiger partial charge in [-0.25, -0.2) is 0 Å². The Morgan fingerprint density at radius 1 is 1.04 bits per heavy atom. The van der Waals surface area contributed by atoms with E-state index in [1.807, 2.05) is 18.2 Å². The number of aryl methyl sites for hydroxylation is 2. The Morgan fingerprint density at radius 2 is 1.72 bits per heavy atom. The van der Waals surface area contributed by atoms with E-state index in [0.717, 1.165) is 19.3 Å². The summed E-state index contributed by atoms with van der Waals surface area (Å²) in [5.41, 5.74) is 3.26. The van der Waals surface area contributed by atoms with Crippen molar-refractivity contribution in [2.75, 3.05) is 33.2 Å². The van der Waals surface area contributed by atoms with Gasteiger partial charge in [0.15, 0.2) is 0 Å². The molecule has 1 aromatic carbocycles. The molecule has 1 N–H and O–H groups in total. The topological polar surface area (TPSA) is 69.7 Å². The first-order chi connectivity index (χ1) is 12.0. The normalized spacial score (nSPS) is 20.0. The van der Waals surface area contributed by atoms with Gasteiger partial charge in [0.2, 0.25) is 11.8 Å². The van der Waals surface area contributed by atoms with Gasteiger partial charge in [-0.3, -0.25) is 14.4 Å². The highest BCUT2D eigenvalue weighted by Crippen LogP contribution is 2.24. The van der Waals surface area contributed by atoms with Crippen molar-refractivity contribution in [3.8, 4) is 0 Å². The first kappa shape index (κ1) is 17.5. The molecule has 25 heavy (non-hydrogen) atoms. The summed E-state index contributed by atoms with van der Waals surface area (Å²) in [6, 6.07) is 5.92. The van der Waals surface area contributed by atoms with Gasteiger partial charge < -0.3 is 15.1 Å². The average Bonchev–Trinajstić information content (AvgIpc) is 2.96. The van der Waals surface area contributed by atoms with E-state index >= 15 is 0 Å². The van der Waals surface area contributed by atoms with E-state index in [4.69, 9.17) is 0 Å². The molecular weight excluding hydrogens is 318 g/mol. The Labute approximate surface area is 148 Å². The predicted molar refractivity (Wildman–Crippen MR) is 94.2 cm³/mol. The summed E-state index contributed by atoms with van der Waals surface area (Å²) < 4.78 is 0. The highest BCUT2D eigenvalue weighted by Gasteiger charge is 2.31. The third-order valence-electron chi connectivity index (χ3n) is 5.22. The maximum atomic E-state index is 13.0. The molecule has 1 atom stereocenters. The summed E-state index contributed by atoms with van der Waals surface area (Å²) >= 11 is 0. The summed E-state index contributed by atoms with van der Waals surface area (Å²) in [6.45, 7) is 3.09. The summed E-state index contributed by atoms with van der Waals surface area (Å²) in [4.78, 5) is 40.3. The molecule has 0 radical (unpaired) electrons. The van der Waals surface area contributed by atoms with Gasteiger partial charge in [-0.1, -0.05) is 6.07 Å². The van der Waals surface area contributed by atoms with E-state index in [2.05, 4.69) is 5.32 Å². The van der Waals surface area contributed by atoms with Crippen molar-refractivity contribution >= 4 is 17.7 Å². The van der Waals surface area contributed by atoms with Crippen LogP contribution in [0.25, 0.3) is 0 Å². The van der Waals surface area contributed by atoms with Crippen molar-refractivity contribution < 1.29 is 14.4 Å². The van der Waals surface area contributed by atoms with E-state index in [1.165, 1.54) is 18.1 Å². The molecule has 3 rings (SSSR count). The number of amides is 3. The molecule has 2 aliphatic rings. The summed E-state index contributed by atoms with van der Waals surface area (Å²) in [5.74, 6) is -0.676. The monoisotopic (exact) mass is 343 g/mol. The lowest BCUT2D eigenvalue weighted by Gasteiger charge is -2.23. The molecule has 134 valence electrons. The summed E-state index contributed by atoms with van der Waals surface area (Å²) in [6.07, 6.45) is 3.25. The quantitative estimate of drug-likeness (QED) is 0.865. The summed E-state index contributed by atoms with van der Waals surface area (Å²) in [7, 11) is 1.58. The molecule has 0 aromatic heterocycles. The largest absolute Gasteiger partial charge is 0.359 e. The van der Waals surface area contributed by atoms with E-state index in [9.17, 15) is 14.4 Å². The second-order valence-corrected chi connectivity index (χ2v) is 6.86. The third kappa shape index (κ3) is 3.67. The number of nitrogens with zero attached hydrogens (tertiary/aromatic N) is 2. The molecule has 1 aliphatic heterocycles. The zero-order chi connectivity index (χ0) is 18.0. The minimum atomic E-state index is -0.408. The smallest absolute Gasteiger partial charge is 0.253 e. The first-order valence-corrected chi connectivity index (χ1v) is 8.87. The van der Waals surface area contributed by atoms with Crippen LogP contribution in [0.4, 0.5) is 0 Å². The van der Waals surface area contributed by atoms with Crippen molar-refractivity contribution in [3.63, 3.8) is 0 Å². The zero-order valence-corrected chi connectivity index (χ0v) is 14.9. The van der Waals surface area contributed by atoms with E-state index in [-0.39, 0.29) is 17.7 Å². The number of hydrogen-bond acceptors (Lipinski definition) is 3. The minimum Gasteiger partial charge on any atom is -0.359 e. The van der Waals surface area contributed by atoms with Crippen LogP contribution in [0.1, 0.15) is 34.8 Å². The maximum Gasteiger partial charge on any atom is 0.253 e. The van der Waals surface area contributed by atoms with Crippen molar-refractivity contribution in [2.45, 2.75) is 26.2 Å². The van der Waals surface area contributed by atoms with Crippen molar-refractivity contribution in [2.24, 2.45) is 5.92 Å². The molecule has 0 unspecified atom stereocenters. The molecule has 6 nitrogen and oxygen atoms in total. The van der Waals surface area contributed by atoms with Crippen molar-refractivity contribution in [3.05, 3.63) is 34.9 Å². The number of benzene rings is 1. The Bertz CT molecular complexity index is 701. The van der Waals surface area contributed by atoms with E-state index in [1.54, 1.807) is 16.8 Å². The van der Waals surface area contributed by atoms with Crippen molar-refractivity contribution in [1.82, 2.24) is 15.1 Å². The molecule has 1 aliphatic carbocycles. The van der Waals surface area contributed by atoms with Crippen LogP contribution in [0.5, 0.6) is 0 Å². The van der Waals surface area contributed by atoms with Gasteiger partial charge in [0.05, 0.1) is 5.92 Å². The number of rotatable bonds is 2. The molecule has 0 bridgehead atoms. The molecule has 0 saturated carbocycles. The number of carbonyl (C=O) groups is 3. The van der Waals surface area contributed by atoms with Crippen molar-refractivity contribution in [1.29, 1.82) is 0 Å². The Hall–Kier alpha value is -2.37. The van der Waals surface area contributed by atoms with Gasteiger partial charge in [0, 0.05) is 45.7 Å².